The number of aliphatic hydroxyl groups is 3. The van der Waals surface area contributed by atoms with E-state index in [2.05, 4.69) is 19.1 Å². The molecule has 3 N–H and O–H groups in total. The Morgan fingerprint density at radius 3 is 2.15 bits per heavy atom. The summed E-state index contributed by atoms with van der Waals surface area (Å²) < 4.78 is 11.0. The highest BCUT2D eigenvalue weighted by Crippen LogP contribution is 2.21. The molecule has 1 aliphatic heterocycles. The van der Waals surface area contributed by atoms with Crippen LogP contribution in [-0.2, 0) is 9.47 Å². The first-order valence-corrected chi connectivity index (χ1v) is 10.5. The molecule has 5 heteroatoms. The van der Waals surface area contributed by atoms with Crippen molar-refractivity contribution in [3.63, 3.8) is 0 Å². The first kappa shape index (κ1) is 23.6. The molecule has 0 bridgehead atoms. The Balaban J connectivity index is 1.90. The van der Waals surface area contributed by atoms with Gasteiger partial charge in [-0.1, -0.05) is 63.5 Å². The summed E-state index contributed by atoms with van der Waals surface area (Å²) in [6.07, 6.45) is 15.3. The fourth-order valence-electron chi connectivity index (χ4n) is 3.42. The SMILES string of the molecule is C/C=C/CCCCCCCCCCCCO[C@@H]1[C@H]([C@@H](O)CO)OC[C@H]1O. The summed E-state index contributed by atoms with van der Waals surface area (Å²) in [5.41, 5.74) is 0. The summed E-state index contributed by atoms with van der Waals surface area (Å²) in [6, 6.07) is 0. The van der Waals surface area contributed by atoms with Gasteiger partial charge in [0.1, 0.15) is 24.4 Å². The van der Waals surface area contributed by atoms with E-state index < -0.39 is 24.4 Å². The number of ether oxygens (including phenoxy) is 2. The van der Waals surface area contributed by atoms with E-state index in [1.54, 1.807) is 0 Å². The first-order chi connectivity index (χ1) is 12.7. The summed E-state index contributed by atoms with van der Waals surface area (Å²) in [4.78, 5) is 0. The third-order valence-electron chi connectivity index (χ3n) is 5.04. The van der Waals surface area contributed by atoms with Crippen LogP contribution in [0.4, 0.5) is 0 Å². The molecule has 1 fully saturated rings. The van der Waals surface area contributed by atoms with Gasteiger partial charge in [0.05, 0.1) is 13.2 Å². The van der Waals surface area contributed by atoms with Crippen LogP contribution in [0.5, 0.6) is 0 Å². The standard InChI is InChI=1S/C21H40O5/c1-2-3-4-5-6-7-8-9-10-11-12-13-14-15-25-21-19(24)17-26-20(21)18(23)16-22/h2-3,18-24H,4-17H2,1H3/b3-2+/t18-,19+,20-,21-/m0/s1. The van der Waals surface area contributed by atoms with Crippen molar-refractivity contribution in [2.75, 3.05) is 19.8 Å². The number of unbranched alkanes of at least 4 members (excludes halogenated alkanes) is 10. The minimum atomic E-state index is -1.000. The molecule has 0 unspecified atom stereocenters. The van der Waals surface area contributed by atoms with Crippen molar-refractivity contribution in [3.8, 4) is 0 Å². The number of rotatable bonds is 16. The quantitative estimate of drug-likeness (QED) is 0.286. The van der Waals surface area contributed by atoms with E-state index >= 15 is 0 Å². The molecule has 0 saturated carbocycles. The second-order valence-corrected chi connectivity index (χ2v) is 7.34. The summed E-state index contributed by atoms with van der Waals surface area (Å²) in [5.74, 6) is 0. The van der Waals surface area contributed by atoms with Gasteiger partial charge in [-0.05, 0) is 26.2 Å². The normalized spacial score (nSPS) is 24.5. The Morgan fingerprint density at radius 1 is 1.00 bits per heavy atom. The van der Waals surface area contributed by atoms with Crippen molar-refractivity contribution < 1.29 is 24.8 Å². The Morgan fingerprint density at radius 2 is 1.58 bits per heavy atom. The Hall–Kier alpha value is -0.460. The lowest BCUT2D eigenvalue weighted by molar-refractivity contribution is -0.0938. The molecule has 0 aromatic rings. The Kier molecular flexibility index (Phi) is 14.1. The van der Waals surface area contributed by atoms with Gasteiger partial charge in [-0.2, -0.15) is 0 Å². The molecule has 0 radical (unpaired) electrons. The highest BCUT2D eigenvalue weighted by atomic mass is 16.6. The number of hydrogen-bond acceptors (Lipinski definition) is 5. The molecule has 4 atom stereocenters. The van der Waals surface area contributed by atoms with Crippen LogP contribution in [-0.4, -0.2) is 59.6 Å². The molecule has 1 rings (SSSR count). The smallest absolute Gasteiger partial charge is 0.114 e. The first-order valence-electron chi connectivity index (χ1n) is 10.5. The third-order valence-corrected chi connectivity index (χ3v) is 5.04. The van der Waals surface area contributed by atoms with Crippen molar-refractivity contribution in [2.24, 2.45) is 0 Å². The molecule has 26 heavy (non-hydrogen) atoms. The van der Waals surface area contributed by atoms with Gasteiger partial charge in [0.2, 0.25) is 0 Å². The number of hydrogen-bond donors (Lipinski definition) is 3. The van der Waals surface area contributed by atoms with Crippen molar-refractivity contribution in [3.05, 3.63) is 12.2 Å². The zero-order valence-corrected chi connectivity index (χ0v) is 16.5. The Labute approximate surface area is 159 Å². The minimum absolute atomic E-state index is 0.154. The van der Waals surface area contributed by atoms with Crippen LogP contribution in [0.3, 0.4) is 0 Å². The average molecular weight is 373 g/mol. The van der Waals surface area contributed by atoms with E-state index in [-0.39, 0.29) is 13.2 Å². The van der Waals surface area contributed by atoms with Gasteiger partial charge in [0.25, 0.3) is 0 Å². The maximum Gasteiger partial charge on any atom is 0.114 e. The minimum Gasteiger partial charge on any atom is -0.394 e. The lowest BCUT2D eigenvalue weighted by Crippen LogP contribution is -2.42. The molecule has 1 saturated heterocycles. The van der Waals surface area contributed by atoms with Crippen LogP contribution < -0.4 is 0 Å². The maximum atomic E-state index is 9.86. The van der Waals surface area contributed by atoms with Gasteiger partial charge in [-0.25, -0.2) is 0 Å². The molecule has 0 amide bonds. The monoisotopic (exact) mass is 372 g/mol. The zero-order valence-electron chi connectivity index (χ0n) is 16.5. The molecular weight excluding hydrogens is 332 g/mol. The van der Waals surface area contributed by atoms with E-state index in [4.69, 9.17) is 14.6 Å². The van der Waals surface area contributed by atoms with Crippen LogP contribution in [0.1, 0.15) is 77.6 Å². The van der Waals surface area contributed by atoms with E-state index in [0.29, 0.717) is 6.61 Å². The molecule has 0 aromatic carbocycles. The molecule has 0 spiro atoms. The molecule has 5 nitrogen and oxygen atoms in total. The van der Waals surface area contributed by atoms with E-state index in [9.17, 15) is 10.2 Å². The summed E-state index contributed by atoms with van der Waals surface area (Å²) in [6.45, 7) is 2.41. The van der Waals surface area contributed by atoms with Crippen LogP contribution in [0.25, 0.3) is 0 Å². The van der Waals surface area contributed by atoms with E-state index in [1.807, 2.05) is 0 Å². The molecule has 0 aromatic heterocycles. The van der Waals surface area contributed by atoms with Gasteiger partial charge in [0.15, 0.2) is 0 Å². The molecule has 0 aliphatic carbocycles. The summed E-state index contributed by atoms with van der Waals surface area (Å²) in [7, 11) is 0. The van der Waals surface area contributed by atoms with Crippen molar-refractivity contribution in [1.82, 2.24) is 0 Å². The van der Waals surface area contributed by atoms with E-state index in [1.165, 1.54) is 57.8 Å². The van der Waals surface area contributed by atoms with Gasteiger partial charge in [-0.3, -0.25) is 0 Å². The number of aliphatic hydroxyl groups excluding tert-OH is 3. The zero-order chi connectivity index (χ0) is 19.0. The maximum absolute atomic E-state index is 9.86. The van der Waals surface area contributed by atoms with Crippen LogP contribution in [0, 0.1) is 0 Å². The lowest BCUT2D eigenvalue weighted by atomic mass is 10.1. The summed E-state index contributed by atoms with van der Waals surface area (Å²) >= 11 is 0. The summed E-state index contributed by atoms with van der Waals surface area (Å²) in [5, 5.41) is 28.6. The van der Waals surface area contributed by atoms with Gasteiger partial charge in [0, 0.05) is 6.61 Å². The van der Waals surface area contributed by atoms with Gasteiger partial charge < -0.3 is 24.8 Å². The van der Waals surface area contributed by atoms with Crippen LogP contribution >= 0.6 is 0 Å². The van der Waals surface area contributed by atoms with Crippen molar-refractivity contribution >= 4 is 0 Å². The van der Waals surface area contributed by atoms with Crippen molar-refractivity contribution in [1.29, 1.82) is 0 Å². The number of allylic oxidation sites excluding steroid dienone is 2. The molecule has 154 valence electrons. The predicted molar refractivity (Wildman–Crippen MR) is 104 cm³/mol. The largest absolute Gasteiger partial charge is 0.394 e. The molecular formula is C21H40O5. The Bertz CT molecular complexity index is 347. The van der Waals surface area contributed by atoms with Gasteiger partial charge in [-0.15, -0.1) is 0 Å². The topological polar surface area (TPSA) is 79.2 Å². The second-order valence-electron chi connectivity index (χ2n) is 7.34. The van der Waals surface area contributed by atoms with E-state index in [0.717, 1.165) is 12.8 Å². The molecule has 1 heterocycles. The van der Waals surface area contributed by atoms with Crippen LogP contribution in [0.15, 0.2) is 12.2 Å². The third kappa shape index (κ3) is 10.0. The fourth-order valence-corrected chi connectivity index (χ4v) is 3.42. The highest BCUT2D eigenvalue weighted by molar-refractivity contribution is 4.89. The fraction of sp³-hybridized carbons (Fsp3) is 0.905. The molecule has 1 aliphatic rings. The predicted octanol–water partition coefficient (Wildman–Crippen LogP) is 3.35. The average Bonchev–Trinajstić information content (AvgIpc) is 3.02. The lowest BCUT2D eigenvalue weighted by Gasteiger charge is -2.23. The highest BCUT2D eigenvalue weighted by Gasteiger charge is 2.40. The second kappa shape index (κ2) is 15.6. The van der Waals surface area contributed by atoms with Crippen molar-refractivity contribution in [2.45, 2.75) is 102 Å². The van der Waals surface area contributed by atoms with Crippen LogP contribution in [0.2, 0.25) is 0 Å². The van der Waals surface area contributed by atoms with Gasteiger partial charge >= 0.3 is 0 Å².